The fourth-order valence-corrected chi connectivity index (χ4v) is 2.85. The van der Waals surface area contributed by atoms with E-state index < -0.39 is 21.1 Å². The lowest BCUT2D eigenvalue weighted by Gasteiger charge is -2.14. The molecule has 1 heterocycles. The van der Waals surface area contributed by atoms with Crippen LogP contribution in [0.2, 0.25) is 0 Å². The number of sulfone groups is 1. The van der Waals surface area contributed by atoms with Crippen LogP contribution in [0.3, 0.4) is 0 Å². The Morgan fingerprint density at radius 3 is 2.47 bits per heavy atom. The Morgan fingerprint density at radius 2 is 2.06 bits per heavy atom. The van der Waals surface area contributed by atoms with Crippen molar-refractivity contribution in [1.82, 2.24) is 5.16 Å². The Bertz CT molecular complexity index is 503. The van der Waals surface area contributed by atoms with E-state index in [1.165, 1.54) is 0 Å². The molecule has 7 heteroatoms. The molecule has 0 aliphatic rings. The van der Waals surface area contributed by atoms with Crippen molar-refractivity contribution in [2.75, 3.05) is 0 Å². The van der Waals surface area contributed by atoms with E-state index in [0.29, 0.717) is 0 Å². The van der Waals surface area contributed by atoms with Crippen molar-refractivity contribution in [2.45, 2.75) is 31.8 Å². The van der Waals surface area contributed by atoms with Crippen LogP contribution in [0.5, 0.6) is 0 Å². The SMILES string of the molecule is CC(C)C(C)S(=O)(=O)Cc1cc(C(=O)O)no1. The zero-order valence-electron chi connectivity index (χ0n) is 9.87. The maximum absolute atomic E-state index is 11.9. The highest BCUT2D eigenvalue weighted by molar-refractivity contribution is 7.91. The second-order valence-corrected chi connectivity index (χ2v) is 6.60. The highest BCUT2D eigenvalue weighted by Crippen LogP contribution is 2.17. The summed E-state index contributed by atoms with van der Waals surface area (Å²) in [5, 5.41) is 11.4. The van der Waals surface area contributed by atoms with E-state index in [-0.39, 0.29) is 23.1 Å². The molecule has 0 aromatic carbocycles. The van der Waals surface area contributed by atoms with Crippen LogP contribution in [0.4, 0.5) is 0 Å². The summed E-state index contributed by atoms with van der Waals surface area (Å²) in [6.45, 7) is 5.24. The number of carboxylic acids is 1. The number of nitrogens with zero attached hydrogens (tertiary/aromatic N) is 1. The van der Waals surface area contributed by atoms with Crippen LogP contribution < -0.4 is 0 Å². The van der Waals surface area contributed by atoms with Crippen molar-refractivity contribution in [3.63, 3.8) is 0 Å². The van der Waals surface area contributed by atoms with E-state index in [1.807, 2.05) is 13.8 Å². The number of aromatic nitrogens is 1. The number of carbonyl (C=O) groups is 1. The molecule has 1 rings (SSSR count). The summed E-state index contributed by atoms with van der Waals surface area (Å²) in [5.74, 6) is -1.53. The van der Waals surface area contributed by atoms with Crippen LogP contribution in [-0.2, 0) is 15.6 Å². The molecule has 0 aliphatic carbocycles. The van der Waals surface area contributed by atoms with Crippen molar-refractivity contribution < 1.29 is 22.8 Å². The van der Waals surface area contributed by atoms with Gasteiger partial charge in [-0.3, -0.25) is 0 Å². The van der Waals surface area contributed by atoms with Gasteiger partial charge in [-0.15, -0.1) is 0 Å². The van der Waals surface area contributed by atoms with Crippen LogP contribution in [0, 0.1) is 5.92 Å². The Kier molecular flexibility index (Phi) is 3.92. The summed E-state index contributed by atoms with van der Waals surface area (Å²) in [7, 11) is -3.35. The van der Waals surface area contributed by atoms with Gasteiger partial charge in [-0.25, -0.2) is 13.2 Å². The van der Waals surface area contributed by atoms with Gasteiger partial charge in [0.25, 0.3) is 0 Å². The highest BCUT2D eigenvalue weighted by Gasteiger charge is 2.26. The lowest BCUT2D eigenvalue weighted by molar-refractivity contribution is 0.0685. The van der Waals surface area contributed by atoms with Gasteiger partial charge in [0, 0.05) is 6.07 Å². The Morgan fingerprint density at radius 1 is 1.47 bits per heavy atom. The maximum atomic E-state index is 11.9. The average Bonchev–Trinajstić information content (AvgIpc) is 2.64. The third-order valence-electron chi connectivity index (χ3n) is 2.63. The summed E-state index contributed by atoms with van der Waals surface area (Å²) in [4.78, 5) is 10.6. The molecule has 1 unspecified atom stereocenters. The van der Waals surface area contributed by atoms with E-state index in [9.17, 15) is 13.2 Å². The Balaban J connectivity index is 2.87. The predicted molar refractivity (Wildman–Crippen MR) is 60.4 cm³/mol. The number of hydrogen-bond donors (Lipinski definition) is 1. The van der Waals surface area contributed by atoms with Crippen molar-refractivity contribution in [3.05, 3.63) is 17.5 Å². The van der Waals surface area contributed by atoms with Crippen LogP contribution in [0.15, 0.2) is 10.6 Å². The van der Waals surface area contributed by atoms with Gasteiger partial charge in [0.2, 0.25) is 0 Å². The molecule has 0 aliphatic heterocycles. The first-order valence-electron chi connectivity index (χ1n) is 5.14. The Hall–Kier alpha value is -1.37. The fraction of sp³-hybridized carbons (Fsp3) is 0.600. The number of rotatable bonds is 5. The average molecular weight is 261 g/mol. The zero-order chi connectivity index (χ0) is 13.2. The summed E-state index contributed by atoms with van der Waals surface area (Å²) >= 11 is 0. The van der Waals surface area contributed by atoms with Gasteiger partial charge in [0.15, 0.2) is 21.3 Å². The molecule has 0 saturated carbocycles. The monoisotopic (exact) mass is 261 g/mol. The molecule has 0 radical (unpaired) electrons. The topological polar surface area (TPSA) is 97.5 Å². The lowest BCUT2D eigenvalue weighted by Crippen LogP contribution is -2.24. The molecule has 0 spiro atoms. The summed E-state index contributed by atoms with van der Waals surface area (Å²) in [6, 6.07) is 1.13. The quantitative estimate of drug-likeness (QED) is 0.858. The minimum Gasteiger partial charge on any atom is -0.476 e. The lowest BCUT2D eigenvalue weighted by atomic mass is 10.2. The summed E-state index contributed by atoms with van der Waals surface area (Å²) < 4.78 is 28.5. The normalized spacial score (nSPS) is 13.9. The van der Waals surface area contributed by atoms with Crippen molar-refractivity contribution in [1.29, 1.82) is 0 Å². The molecule has 17 heavy (non-hydrogen) atoms. The van der Waals surface area contributed by atoms with Crippen LogP contribution in [-0.4, -0.2) is 29.9 Å². The van der Waals surface area contributed by atoms with E-state index in [2.05, 4.69) is 9.68 Å². The molecule has 0 bridgehead atoms. The second kappa shape index (κ2) is 4.87. The largest absolute Gasteiger partial charge is 0.476 e. The third-order valence-corrected chi connectivity index (χ3v) is 4.99. The molecule has 1 aromatic heterocycles. The molecule has 0 fully saturated rings. The number of carboxylic acid groups (broad SMARTS) is 1. The molecular formula is C10H15NO5S. The first-order valence-corrected chi connectivity index (χ1v) is 6.86. The minimum atomic E-state index is -3.35. The van der Waals surface area contributed by atoms with Crippen molar-refractivity contribution >= 4 is 15.8 Å². The van der Waals surface area contributed by atoms with E-state index in [0.717, 1.165) is 6.07 Å². The van der Waals surface area contributed by atoms with E-state index in [4.69, 9.17) is 5.11 Å². The zero-order valence-corrected chi connectivity index (χ0v) is 10.7. The molecule has 1 atom stereocenters. The third kappa shape index (κ3) is 3.29. The van der Waals surface area contributed by atoms with E-state index in [1.54, 1.807) is 6.92 Å². The second-order valence-electron chi connectivity index (χ2n) is 4.24. The molecule has 1 aromatic rings. The molecule has 0 saturated heterocycles. The van der Waals surface area contributed by atoms with Gasteiger partial charge in [0.05, 0.1) is 5.25 Å². The van der Waals surface area contributed by atoms with Gasteiger partial charge in [-0.2, -0.15) is 0 Å². The molecule has 0 amide bonds. The summed E-state index contributed by atoms with van der Waals surface area (Å²) in [6.07, 6.45) is 0. The fourth-order valence-electron chi connectivity index (χ4n) is 1.23. The molecule has 1 N–H and O–H groups in total. The van der Waals surface area contributed by atoms with Crippen LogP contribution in [0.25, 0.3) is 0 Å². The smallest absolute Gasteiger partial charge is 0.358 e. The first kappa shape index (κ1) is 13.7. The van der Waals surface area contributed by atoms with Crippen LogP contribution in [0.1, 0.15) is 37.0 Å². The first-order chi connectivity index (χ1) is 7.74. The molecule has 6 nitrogen and oxygen atoms in total. The van der Waals surface area contributed by atoms with Crippen LogP contribution >= 0.6 is 0 Å². The Labute approximate surface area is 99.5 Å². The van der Waals surface area contributed by atoms with Gasteiger partial charge >= 0.3 is 5.97 Å². The molecular weight excluding hydrogens is 246 g/mol. The standard InChI is InChI=1S/C10H15NO5S/c1-6(2)7(3)17(14,15)5-8-4-9(10(12)13)11-16-8/h4,6-7H,5H2,1-3H3,(H,12,13). The minimum absolute atomic E-state index is 0.0122. The van der Waals surface area contributed by atoms with Crippen molar-refractivity contribution in [2.24, 2.45) is 5.92 Å². The predicted octanol–water partition coefficient (Wildman–Crippen LogP) is 1.33. The van der Waals surface area contributed by atoms with E-state index >= 15 is 0 Å². The maximum Gasteiger partial charge on any atom is 0.358 e. The van der Waals surface area contributed by atoms with Gasteiger partial charge in [-0.05, 0) is 12.8 Å². The van der Waals surface area contributed by atoms with Gasteiger partial charge in [0.1, 0.15) is 5.75 Å². The highest BCUT2D eigenvalue weighted by atomic mass is 32.2. The van der Waals surface area contributed by atoms with Gasteiger partial charge < -0.3 is 9.63 Å². The molecule has 96 valence electrons. The van der Waals surface area contributed by atoms with Crippen molar-refractivity contribution in [3.8, 4) is 0 Å². The van der Waals surface area contributed by atoms with Gasteiger partial charge in [-0.1, -0.05) is 19.0 Å². The summed E-state index contributed by atoms with van der Waals surface area (Å²) in [5.41, 5.74) is -0.285. The number of aromatic carboxylic acids is 1. The number of hydrogen-bond acceptors (Lipinski definition) is 5.